The second-order valence-electron chi connectivity index (χ2n) is 7.33. The van der Waals surface area contributed by atoms with Gasteiger partial charge in [-0.25, -0.2) is 9.59 Å². The first-order chi connectivity index (χ1) is 15.6. The summed E-state index contributed by atoms with van der Waals surface area (Å²) in [7, 11) is 0. The highest BCUT2D eigenvalue weighted by Gasteiger charge is 2.24. The molecule has 0 radical (unpaired) electrons. The average Bonchev–Trinajstić information content (AvgIpc) is 2.77. The molecule has 13 heteroatoms. The Morgan fingerprint density at radius 3 is 2.58 bits per heavy atom. The molecule has 13 nitrogen and oxygen atoms in total. The monoisotopic (exact) mass is 457 g/mol. The number of aromatic nitrogens is 2. The van der Waals surface area contributed by atoms with Crippen molar-refractivity contribution in [3.63, 3.8) is 0 Å². The molecule has 1 aliphatic rings. The van der Waals surface area contributed by atoms with Gasteiger partial charge in [0.15, 0.2) is 5.82 Å². The zero-order chi connectivity index (χ0) is 24.1. The number of nitrogens with one attached hydrogen (secondary N) is 5. The minimum absolute atomic E-state index is 0.0234. The number of hydrogen-bond donors (Lipinski definition) is 8. The van der Waals surface area contributed by atoms with Crippen LogP contribution in [0.25, 0.3) is 0 Å². The molecule has 1 aromatic carbocycles. The van der Waals surface area contributed by atoms with Crippen LogP contribution in [0, 0.1) is 0 Å². The zero-order valence-electron chi connectivity index (χ0n) is 17.3. The van der Waals surface area contributed by atoms with Gasteiger partial charge in [-0.1, -0.05) is 6.58 Å². The molecule has 2 aromatic rings. The van der Waals surface area contributed by atoms with E-state index in [0.717, 1.165) is 0 Å². The van der Waals surface area contributed by atoms with E-state index in [4.69, 9.17) is 10.8 Å². The van der Waals surface area contributed by atoms with Crippen molar-refractivity contribution >= 4 is 41.0 Å². The fraction of sp³-hybridized carbons (Fsp3) is 0.250. The van der Waals surface area contributed by atoms with Gasteiger partial charge >= 0.3 is 11.9 Å². The third-order valence-electron chi connectivity index (χ3n) is 4.86. The number of benzene rings is 1. The quantitative estimate of drug-likeness (QED) is 0.233. The highest BCUT2D eigenvalue weighted by atomic mass is 16.4. The first-order valence-corrected chi connectivity index (χ1v) is 9.83. The maximum atomic E-state index is 12.4. The maximum Gasteiger partial charge on any atom is 0.331 e. The number of aliphatic carboxylic acids is 2. The Kier molecular flexibility index (Phi) is 6.81. The lowest BCUT2D eigenvalue weighted by atomic mass is 10.1. The number of anilines is 4. The molecular weight excluding hydrogens is 434 g/mol. The molecule has 0 fully saturated rings. The van der Waals surface area contributed by atoms with Crippen molar-refractivity contribution in [3.05, 3.63) is 52.3 Å². The number of carboxylic acids is 2. The fourth-order valence-corrected chi connectivity index (χ4v) is 3.11. The van der Waals surface area contributed by atoms with Gasteiger partial charge < -0.3 is 37.2 Å². The van der Waals surface area contributed by atoms with Gasteiger partial charge in [0.2, 0.25) is 5.95 Å². The summed E-state index contributed by atoms with van der Waals surface area (Å²) < 4.78 is 0. The second-order valence-corrected chi connectivity index (χ2v) is 7.33. The number of amides is 1. The summed E-state index contributed by atoms with van der Waals surface area (Å²) in [5.41, 5.74) is 6.02. The Labute approximate surface area is 187 Å². The third kappa shape index (κ3) is 5.78. The molecule has 0 bridgehead atoms. The third-order valence-corrected chi connectivity index (χ3v) is 4.86. The van der Waals surface area contributed by atoms with Crippen molar-refractivity contribution in [2.75, 3.05) is 34.8 Å². The van der Waals surface area contributed by atoms with Crippen LogP contribution in [0.3, 0.4) is 0 Å². The Morgan fingerprint density at radius 2 is 1.94 bits per heavy atom. The molecule has 174 valence electrons. The van der Waals surface area contributed by atoms with E-state index in [2.05, 4.69) is 37.8 Å². The lowest BCUT2D eigenvalue weighted by molar-refractivity contribution is -0.139. The van der Waals surface area contributed by atoms with Crippen LogP contribution in [-0.4, -0.2) is 63.2 Å². The summed E-state index contributed by atoms with van der Waals surface area (Å²) in [6.45, 7) is 4.23. The number of nitrogen functional groups attached to an aromatic ring is 1. The number of nitrogens with zero attached hydrogens (tertiary/aromatic N) is 1. The first-order valence-electron chi connectivity index (χ1n) is 9.83. The predicted octanol–water partition coefficient (Wildman–Crippen LogP) is -0.116. The Hall–Kier alpha value is -4.55. The van der Waals surface area contributed by atoms with Gasteiger partial charge in [0, 0.05) is 36.3 Å². The molecule has 33 heavy (non-hydrogen) atoms. The molecule has 0 aliphatic carbocycles. The SMILES string of the molecule is C=C(CC(NC(=O)c1ccc(NC[C@@H]2CNc3nc(N)[nH]c(=O)c3N2)cc1)C(=O)O)C(=O)O. The van der Waals surface area contributed by atoms with E-state index in [0.29, 0.717) is 30.3 Å². The number of aromatic amines is 1. The van der Waals surface area contributed by atoms with E-state index in [1.165, 1.54) is 12.1 Å². The molecule has 2 atom stereocenters. The van der Waals surface area contributed by atoms with E-state index in [1.807, 2.05) is 0 Å². The molecule has 1 aromatic heterocycles. The minimum atomic E-state index is -1.42. The molecular formula is C20H23N7O6. The Balaban J connectivity index is 1.56. The zero-order valence-corrected chi connectivity index (χ0v) is 17.3. The van der Waals surface area contributed by atoms with Crippen LogP contribution in [0.1, 0.15) is 16.8 Å². The first kappa shape index (κ1) is 23.1. The van der Waals surface area contributed by atoms with Crippen molar-refractivity contribution < 1.29 is 24.6 Å². The van der Waals surface area contributed by atoms with Crippen LogP contribution >= 0.6 is 0 Å². The van der Waals surface area contributed by atoms with E-state index >= 15 is 0 Å². The highest BCUT2D eigenvalue weighted by molar-refractivity contribution is 5.97. The number of carbonyl (C=O) groups is 3. The van der Waals surface area contributed by atoms with E-state index < -0.39 is 30.3 Å². The number of fused-ring (bicyclic) bond motifs is 1. The van der Waals surface area contributed by atoms with Crippen LogP contribution in [0.2, 0.25) is 0 Å². The highest BCUT2D eigenvalue weighted by Crippen LogP contribution is 2.20. The van der Waals surface area contributed by atoms with Gasteiger partial charge in [0.05, 0.1) is 6.04 Å². The van der Waals surface area contributed by atoms with Gasteiger partial charge in [-0.3, -0.25) is 14.6 Å². The molecule has 0 spiro atoms. The number of H-pyrrole nitrogens is 1. The van der Waals surface area contributed by atoms with Crippen molar-refractivity contribution in [1.29, 1.82) is 0 Å². The smallest absolute Gasteiger partial charge is 0.331 e. The second kappa shape index (κ2) is 9.72. The summed E-state index contributed by atoms with van der Waals surface area (Å²) in [6, 6.07) is 4.73. The normalized spacial score (nSPS) is 15.2. The van der Waals surface area contributed by atoms with Crippen LogP contribution in [0.15, 0.2) is 41.2 Å². The summed E-state index contributed by atoms with van der Waals surface area (Å²) >= 11 is 0. The van der Waals surface area contributed by atoms with Crippen LogP contribution in [-0.2, 0) is 9.59 Å². The number of rotatable bonds is 9. The maximum absolute atomic E-state index is 12.4. The van der Waals surface area contributed by atoms with E-state index in [9.17, 15) is 24.3 Å². The van der Waals surface area contributed by atoms with Crippen molar-refractivity contribution in [2.24, 2.45) is 0 Å². The van der Waals surface area contributed by atoms with Gasteiger partial charge in [0.25, 0.3) is 11.5 Å². The van der Waals surface area contributed by atoms with Crippen LogP contribution in [0.5, 0.6) is 0 Å². The molecule has 1 aliphatic heterocycles. The van der Waals surface area contributed by atoms with E-state index in [-0.39, 0.29) is 28.7 Å². The van der Waals surface area contributed by atoms with Gasteiger partial charge in [-0.15, -0.1) is 0 Å². The van der Waals surface area contributed by atoms with Gasteiger partial charge in [0.1, 0.15) is 11.7 Å². The average molecular weight is 457 g/mol. The van der Waals surface area contributed by atoms with Gasteiger partial charge in [-0.05, 0) is 24.3 Å². The molecule has 0 saturated carbocycles. The molecule has 9 N–H and O–H groups in total. The molecule has 0 saturated heterocycles. The summed E-state index contributed by atoms with van der Waals surface area (Å²) in [5.74, 6) is -2.95. The van der Waals surface area contributed by atoms with E-state index in [1.54, 1.807) is 12.1 Å². The largest absolute Gasteiger partial charge is 0.480 e. The Bertz CT molecular complexity index is 1140. The number of nitrogens with two attached hydrogens (primary N) is 1. The molecule has 1 unspecified atom stereocenters. The minimum Gasteiger partial charge on any atom is -0.480 e. The molecule has 1 amide bonds. The number of carbonyl (C=O) groups excluding carboxylic acids is 1. The number of hydrogen-bond acceptors (Lipinski definition) is 9. The molecule has 3 rings (SSSR count). The lowest BCUT2D eigenvalue weighted by Crippen LogP contribution is -2.41. The van der Waals surface area contributed by atoms with Crippen molar-refractivity contribution in [2.45, 2.75) is 18.5 Å². The lowest BCUT2D eigenvalue weighted by Gasteiger charge is -2.27. The number of carboxylic acid groups (broad SMARTS) is 2. The van der Waals surface area contributed by atoms with Crippen molar-refractivity contribution in [3.8, 4) is 0 Å². The van der Waals surface area contributed by atoms with Crippen LogP contribution in [0.4, 0.5) is 23.1 Å². The summed E-state index contributed by atoms with van der Waals surface area (Å²) in [5, 5.41) is 29.7. The standard InChI is InChI=1S/C20H23N7O6/c1-9(18(30)31)6-13(19(32)33)25-16(28)10-2-4-11(5-3-10)22-7-12-8-23-15-14(24-12)17(29)27-20(21)26-15/h2-5,12-13,22,24H,1,6-8H2,(H,25,28)(H,30,31)(H,32,33)(H4,21,23,26,27,29)/t12-,13?/m1/s1. The van der Waals surface area contributed by atoms with Crippen LogP contribution < -0.4 is 32.6 Å². The Morgan fingerprint density at radius 1 is 1.24 bits per heavy atom. The topological polar surface area (TPSA) is 212 Å². The summed E-state index contributed by atoms with van der Waals surface area (Å²) in [4.78, 5) is 53.0. The summed E-state index contributed by atoms with van der Waals surface area (Å²) in [6.07, 6.45) is -0.424. The predicted molar refractivity (Wildman–Crippen MR) is 120 cm³/mol. The fourth-order valence-electron chi connectivity index (χ4n) is 3.11. The van der Waals surface area contributed by atoms with Gasteiger partial charge in [-0.2, -0.15) is 4.98 Å². The molecule has 2 heterocycles. The van der Waals surface area contributed by atoms with Crippen molar-refractivity contribution in [1.82, 2.24) is 15.3 Å².